The zero-order valence-corrected chi connectivity index (χ0v) is 16.5. The van der Waals surface area contributed by atoms with Gasteiger partial charge < -0.3 is 4.74 Å². The van der Waals surface area contributed by atoms with E-state index in [1.165, 1.54) is 29.6 Å². The Morgan fingerprint density at radius 3 is 2.85 bits per heavy atom. The maximum atomic E-state index is 12.3. The predicted octanol–water partition coefficient (Wildman–Crippen LogP) is 5.05. The maximum Gasteiger partial charge on any atom is 0.257 e. The van der Waals surface area contributed by atoms with Gasteiger partial charge in [0.05, 0.1) is 12.1 Å². The number of benzene rings is 2. The fourth-order valence-corrected chi connectivity index (χ4v) is 4.19. The molecule has 0 saturated carbocycles. The molecule has 1 amide bonds. The van der Waals surface area contributed by atoms with Gasteiger partial charge in [-0.1, -0.05) is 64.5 Å². The Kier molecular flexibility index (Phi) is 6.13. The number of rotatable bonds is 6. The molecule has 0 fully saturated rings. The van der Waals surface area contributed by atoms with Crippen LogP contribution in [0.5, 0.6) is 5.75 Å². The lowest BCUT2D eigenvalue weighted by Gasteiger charge is -2.05. The normalized spacial score (nSPS) is 10.6. The summed E-state index contributed by atoms with van der Waals surface area (Å²) >= 11 is 8.99. The van der Waals surface area contributed by atoms with E-state index >= 15 is 0 Å². The first kappa shape index (κ1) is 18.7. The van der Waals surface area contributed by atoms with Gasteiger partial charge in [0.15, 0.2) is 4.34 Å². The molecule has 1 heterocycles. The Labute approximate surface area is 164 Å². The van der Waals surface area contributed by atoms with Gasteiger partial charge in [-0.05, 0) is 30.7 Å². The lowest BCUT2D eigenvalue weighted by atomic mass is 10.2. The highest BCUT2D eigenvalue weighted by Crippen LogP contribution is 2.29. The average molecular weight is 406 g/mol. The molecule has 1 N–H and O–H groups in total. The molecule has 26 heavy (non-hydrogen) atoms. The van der Waals surface area contributed by atoms with Gasteiger partial charge >= 0.3 is 0 Å². The Bertz CT molecular complexity index is 930. The van der Waals surface area contributed by atoms with Crippen LogP contribution in [0, 0.1) is 6.92 Å². The van der Waals surface area contributed by atoms with E-state index in [9.17, 15) is 4.79 Å². The molecular weight excluding hydrogens is 390 g/mol. The van der Waals surface area contributed by atoms with Crippen LogP contribution in [0.4, 0.5) is 5.13 Å². The average Bonchev–Trinajstić information content (AvgIpc) is 3.07. The van der Waals surface area contributed by atoms with E-state index in [2.05, 4.69) is 40.6 Å². The summed E-state index contributed by atoms with van der Waals surface area (Å²) in [4.78, 5) is 12.3. The number of hydrogen-bond donors (Lipinski definition) is 1. The predicted molar refractivity (Wildman–Crippen MR) is 107 cm³/mol. The number of amides is 1. The van der Waals surface area contributed by atoms with Gasteiger partial charge in [0, 0.05) is 11.3 Å². The number of carbonyl (C=O) groups is 1. The van der Waals surface area contributed by atoms with Crippen LogP contribution in [-0.2, 0) is 5.75 Å². The molecule has 8 heteroatoms. The fourth-order valence-electron chi connectivity index (χ4n) is 2.24. The number of thioether (sulfide) groups is 1. The second-order valence-electron chi connectivity index (χ2n) is 5.45. The highest BCUT2D eigenvalue weighted by atomic mass is 35.5. The number of ether oxygens (including phenoxy) is 1. The molecule has 3 aromatic rings. The third-order valence-corrected chi connectivity index (χ3v) is 5.82. The Morgan fingerprint density at radius 1 is 1.27 bits per heavy atom. The second-order valence-corrected chi connectivity index (χ2v) is 8.06. The number of nitrogens with zero attached hydrogens (tertiary/aromatic N) is 2. The molecule has 0 radical (unpaired) electrons. The molecule has 2 aromatic carbocycles. The Balaban J connectivity index is 1.61. The zero-order chi connectivity index (χ0) is 18.5. The van der Waals surface area contributed by atoms with Gasteiger partial charge in [-0.2, -0.15) is 0 Å². The Morgan fingerprint density at radius 2 is 2.12 bits per heavy atom. The number of carbonyl (C=O) groups excluding carboxylic acids is 1. The number of aromatic nitrogens is 2. The summed E-state index contributed by atoms with van der Waals surface area (Å²) in [6.45, 7) is 2.07. The van der Waals surface area contributed by atoms with Gasteiger partial charge in [0.25, 0.3) is 5.91 Å². The monoisotopic (exact) mass is 405 g/mol. The van der Waals surface area contributed by atoms with Crippen molar-refractivity contribution in [3.05, 3.63) is 64.2 Å². The molecular formula is C18H16ClN3O2S2. The minimum atomic E-state index is -0.291. The van der Waals surface area contributed by atoms with Crippen LogP contribution in [0.25, 0.3) is 0 Å². The molecule has 0 aliphatic carbocycles. The summed E-state index contributed by atoms with van der Waals surface area (Å²) in [6.07, 6.45) is 0. The van der Waals surface area contributed by atoms with Gasteiger partial charge in [0.2, 0.25) is 5.13 Å². The van der Waals surface area contributed by atoms with Gasteiger partial charge in [0.1, 0.15) is 5.75 Å². The van der Waals surface area contributed by atoms with E-state index < -0.39 is 0 Å². The van der Waals surface area contributed by atoms with Crippen molar-refractivity contribution in [1.82, 2.24) is 10.2 Å². The van der Waals surface area contributed by atoms with Crippen molar-refractivity contribution in [2.45, 2.75) is 17.0 Å². The summed E-state index contributed by atoms with van der Waals surface area (Å²) in [5, 5.41) is 11.7. The summed E-state index contributed by atoms with van der Waals surface area (Å²) in [5.74, 6) is 1.04. The number of halogens is 1. The van der Waals surface area contributed by atoms with Crippen LogP contribution in [-0.4, -0.2) is 23.2 Å². The fraction of sp³-hybridized carbons (Fsp3) is 0.167. The molecule has 0 spiro atoms. The molecule has 134 valence electrons. The number of anilines is 1. The van der Waals surface area contributed by atoms with Crippen molar-refractivity contribution < 1.29 is 9.53 Å². The standard InChI is InChI=1S/C18H16ClN3O2S2/c1-11-4-3-5-12(8-11)10-25-18-22-21-17(26-18)20-16(23)13-6-7-15(24-2)14(19)9-13/h3-9H,10H2,1-2H3,(H,20,21,23). The van der Waals surface area contributed by atoms with E-state index in [-0.39, 0.29) is 5.91 Å². The van der Waals surface area contributed by atoms with Crippen molar-refractivity contribution in [2.75, 3.05) is 12.4 Å². The van der Waals surface area contributed by atoms with Crippen molar-refractivity contribution in [3.8, 4) is 5.75 Å². The third-order valence-electron chi connectivity index (χ3n) is 3.49. The van der Waals surface area contributed by atoms with Gasteiger partial charge in [-0.3, -0.25) is 10.1 Å². The van der Waals surface area contributed by atoms with Gasteiger partial charge in [-0.25, -0.2) is 0 Å². The van der Waals surface area contributed by atoms with E-state index in [4.69, 9.17) is 16.3 Å². The first-order valence-corrected chi connectivity index (χ1v) is 9.90. The smallest absolute Gasteiger partial charge is 0.257 e. The van der Waals surface area contributed by atoms with Crippen LogP contribution in [0.15, 0.2) is 46.8 Å². The molecule has 1 aromatic heterocycles. The Hall–Kier alpha value is -2.09. The minimum Gasteiger partial charge on any atom is -0.495 e. The van der Waals surface area contributed by atoms with E-state index in [0.29, 0.717) is 21.5 Å². The molecule has 0 aliphatic heterocycles. The van der Waals surface area contributed by atoms with Crippen LogP contribution in [0.3, 0.4) is 0 Å². The number of hydrogen-bond acceptors (Lipinski definition) is 6. The SMILES string of the molecule is COc1ccc(C(=O)Nc2nnc(SCc3cccc(C)c3)s2)cc1Cl. The summed E-state index contributed by atoms with van der Waals surface area (Å²) in [6, 6.07) is 13.2. The van der Waals surface area contributed by atoms with Crippen LogP contribution < -0.4 is 10.1 Å². The molecule has 0 unspecified atom stereocenters. The zero-order valence-electron chi connectivity index (χ0n) is 14.2. The molecule has 0 saturated heterocycles. The highest BCUT2D eigenvalue weighted by Gasteiger charge is 2.12. The van der Waals surface area contributed by atoms with Crippen molar-refractivity contribution in [1.29, 1.82) is 0 Å². The number of nitrogens with one attached hydrogen (secondary N) is 1. The van der Waals surface area contributed by atoms with Crippen LogP contribution >= 0.6 is 34.7 Å². The first-order valence-electron chi connectivity index (χ1n) is 7.72. The summed E-state index contributed by atoms with van der Waals surface area (Å²) in [5.41, 5.74) is 2.88. The molecule has 5 nitrogen and oxygen atoms in total. The quantitative estimate of drug-likeness (QED) is 0.459. The maximum absolute atomic E-state index is 12.3. The molecule has 3 rings (SSSR count). The lowest BCUT2D eigenvalue weighted by Crippen LogP contribution is -2.11. The topological polar surface area (TPSA) is 64.1 Å². The van der Waals surface area contributed by atoms with E-state index in [1.54, 1.807) is 30.0 Å². The van der Waals surface area contributed by atoms with Crippen molar-refractivity contribution in [2.24, 2.45) is 0 Å². The van der Waals surface area contributed by atoms with Crippen LogP contribution in [0.2, 0.25) is 5.02 Å². The van der Waals surface area contributed by atoms with E-state index in [0.717, 1.165) is 10.1 Å². The van der Waals surface area contributed by atoms with Crippen molar-refractivity contribution in [3.63, 3.8) is 0 Å². The minimum absolute atomic E-state index is 0.291. The summed E-state index contributed by atoms with van der Waals surface area (Å²) in [7, 11) is 1.53. The summed E-state index contributed by atoms with van der Waals surface area (Å²) < 4.78 is 5.89. The number of methoxy groups -OCH3 is 1. The molecule has 0 atom stereocenters. The molecule has 0 aliphatic rings. The largest absolute Gasteiger partial charge is 0.495 e. The van der Waals surface area contributed by atoms with E-state index in [1.807, 2.05) is 6.07 Å². The molecule has 0 bridgehead atoms. The third kappa shape index (κ3) is 4.75. The second kappa shape index (κ2) is 8.53. The van der Waals surface area contributed by atoms with Crippen LogP contribution in [0.1, 0.15) is 21.5 Å². The first-order chi connectivity index (χ1) is 12.5. The van der Waals surface area contributed by atoms with Crippen molar-refractivity contribution >= 4 is 45.7 Å². The highest BCUT2D eigenvalue weighted by molar-refractivity contribution is 8.00. The lowest BCUT2D eigenvalue weighted by molar-refractivity contribution is 0.102. The number of aryl methyl sites for hydroxylation is 1. The van der Waals surface area contributed by atoms with Gasteiger partial charge in [-0.15, -0.1) is 10.2 Å².